The highest BCUT2D eigenvalue weighted by molar-refractivity contribution is 5.90. The molecule has 0 aromatic heterocycles. The highest BCUT2D eigenvalue weighted by Crippen LogP contribution is 2.24. The summed E-state index contributed by atoms with van der Waals surface area (Å²) in [4.78, 5) is 37.8. The Morgan fingerprint density at radius 3 is 2.15 bits per heavy atom. The molecule has 0 fully saturated rings. The van der Waals surface area contributed by atoms with E-state index in [4.69, 9.17) is 4.74 Å². The predicted octanol–water partition coefficient (Wildman–Crippen LogP) is 1.98. The van der Waals surface area contributed by atoms with Gasteiger partial charge in [0.1, 0.15) is 23.4 Å². The number of carbonyl (C=O) groups excluding carboxylic acids is 3. The monoisotopic (exact) mass is 366 g/mol. The topological polar surface area (TPSA) is 105 Å². The Labute approximate surface area is 153 Å². The first-order valence-corrected chi connectivity index (χ1v) is 8.09. The third-order valence-electron chi connectivity index (χ3n) is 3.44. The Bertz CT molecular complexity index is 651. The van der Waals surface area contributed by atoms with Crippen LogP contribution in [-0.2, 0) is 19.1 Å². The van der Waals surface area contributed by atoms with E-state index in [2.05, 4.69) is 10.1 Å². The molecule has 0 aliphatic heterocycles. The molecule has 8 nitrogen and oxygen atoms in total. The summed E-state index contributed by atoms with van der Waals surface area (Å²) in [5, 5.41) is 12.0. The summed E-state index contributed by atoms with van der Waals surface area (Å²) in [5.74, 6) is -1.17. The van der Waals surface area contributed by atoms with Crippen molar-refractivity contribution in [1.29, 1.82) is 0 Å². The Kier molecular flexibility index (Phi) is 7.00. The van der Waals surface area contributed by atoms with Crippen LogP contribution in [0.25, 0.3) is 0 Å². The third-order valence-corrected chi connectivity index (χ3v) is 3.44. The molecule has 0 spiro atoms. The first-order chi connectivity index (χ1) is 12.0. The summed E-state index contributed by atoms with van der Waals surface area (Å²) in [5.41, 5.74) is -0.286. The number of hydrogen-bond donors (Lipinski definition) is 2. The Morgan fingerprint density at radius 1 is 1.15 bits per heavy atom. The average molecular weight is 366 g/mol. The number of benzene rings is 1. The lowest BCUT2D eigenvalue weighted by molar-refractivity contribution is -0.145. The zero-order chi connectivity index (χ0) is 20.1. The highest BCUT2D eigenvalue weighted by Gasteiger charge is 2.33. The van der Waals surface area contributed by atoms with Gasteiger partial charge >= 0.3 is 12.1 Å². The summed E-state index contributed by atoms with van der Waals surface area (Å²) in [6.07, 6.45) is -0.698. The number of aromatic hydroxyl groups is 1. The van der Waals surface area contributed by atoms with Crippen LogP contribution >= 0.6 is 0 Å². The lowest BCUT2D eigenvalue weighted by Crippen LogP contribution is -2.47. The van der Waals surface area contributed by atoms with Crippen LogP contribution in [0.4, 0.5) is 4.79 Å². The number of amides is 2. The summed E-state index contributed by atoms with van der Waals surface area (Å²) in [6.45, 7) is 6.63. The average Bonchev–Trinajstić information content (AvgIpc) is 2.54. The fourth-order valence-electron chi connectivity index (χ4n) is 2.17. The zero-order valence-electron chi connectivity index (χ0n) is 15.9. The molecule has 26 heavy (non-hydrogen) atoms. The van der Waals surface area contributed by atoms with E-state index in [1.807, 2.05) is 0 Å². The maximum absolute atomic E-state index is 12.7. The van der Waals surface area contributed by atoms with E-state index >= 15 is 0 Å². The molecule has 2 atom stereocenters. The van der Waals surface area contributed by atoms with E-state index in [1.165, 1.54) is 45.3 Å². The van der Waals surface area contributed by atoms with E-state index in [0.717, 1.165) is 4.90 Å². The molecule has 8 heteroatoms. The van der Waals surface area contributed by atoms with Crippen LogP contribution in [-0.4, -0.2) is 53.8 Å². The van der Waals surface area contributed by atoms with Gasteiger partial charge in [0.25, 0.3) is 0 Å². The number of nitrogens with zero attached hydrogens (tertiary/aromatic N) is 1. The lowest BCUT2D eigenvalue weighted by atomic mass is 10.0. The van der Waals surface area contributed by atoms with Crippen molar-refractivity contribution in [3.63, 3.8) is 0 Å². The summed E-state index contributed by atoms with van der Waals surface area (Å²) in [6, 6.07) is 3.90. The zero-order valence-corrected chi connectivity index (χ0v) is 15.9. The molecule has 2 N–H and O–H groups in total. The van der Waals surface area contributed by atoms with Gasteiger partial charge in [0.05, 0.1) is 7.11 Å². The first-order valence-electron chi connectivity index (χ1n) is 8.09. The van der Waals surface area contributed by atoms with Crippen LogP contribution in [0.3, 0.4) is 0 Å². The fourth-order valence-corrected chi connectivity index (χ4v) is 2.17. The normalized spacial score (nSPS) is 13.3. The number of carbonyl (C=O) groups is 3. The van der Waals surface area contributed by atoms with Gasteiger partial charge < -0.3 is 19.9 Å². The van der Waals surface area contributed by atoms with Gasteiger partial charge in [-0.2, -0.15) is 0 Å². The SMILES string of the molecule is COC(=O)C(C)NC(=O)C(c1ccc(O)cc1)N(C)C(=O)OC(C)(C)C. The molecule has 0 heterocycles. The maximum atomic E-state index is 12.7. The van der Waals surface area contributed by atoms with Gasteiger partial charge in [-0.25, -0.2) is 9.59 Å². The molecule has 0 saturated carbocycles. The number of methoxy groups -OCH3 is 1. The molecule has 0 radical (unpaired) electrons. The molecule has 2 unspecified atom stereocenters. The molecule has 1 aromatic rings. The van der Waals surface area contributed by atoms with Crippen molar-refractivity contribution in [3.05, 3.63) is 29.8 Å². The fraction of sp³-hybridized carbons (Fsp3) is 0.500. The largest absolute Gasteiger partial charge is 0.508 e. The van der Waals surface area contributed by atoms with E-state index in [-0.39, 0.29) is 5.75 Å². The number of phenolic OH excluding ortho intramolecular Hbond substituents is 1. The Morgan fingerprint density at radius 2 is 1.69 bits per heavy atom. The van der Waals surface area contributed by atoms with Gasteiger partial charge in [0, 0.05) is 7.05 Å². The minimum Gasteiger partial charge on any atom is -0.508 e. The molecule has 0 saturated heterocycles. The molecule has 1 rings (SSSR count). The van der Waals surface area contributed by atoms with Crippen molar-refractivity contribution in [2.24, 2.45) is 0 Å². The Balaban J connectivity index is 3.13. The maximum Gasteiger partial charge on any atom is 0.410 e. The molecule has 1 aromatic carbocycles. The molecule has 2 amide bonds. The number of phenols is 1. The van der Waals surface area contributed by atoms with Gasteiger partial charge in [-0.15, -0.1) is 0 Å². The van der Waals surface area contributed by atoms with Crippen LogP contribution in [0.2, 0.25) is 0 Å². The summed E-state index contributed by atoms with van der Waals surface area (Å²) in [7, 11) is 2.64. The minimum absolute atomic E-state index is 0.0239. The van der Waals surface area contributed by atoms with Gasteiger partial charge in [0.2, 0.25) is 5.91 Å². The van der Waals surface area contributed by atoms with Crippen molar-refractivity contribution in [1.82, 2.24) is 10.2 Å². The quantitative estimate of drug-likeness (QED) is 0.772. The molecule has 0 aliphatic carbocycles. The Hall–Kier alpha value is -2.77. The highest BCUT2D eigenvalue weighted by atomic mass is 16.6. The van der Waals surface area contributed by atoms with Gasteiger partial charge in [-0.3, -0.25) is 9.69 Å². The number of hydrogen-bond acceptors (Lipinski definition) is 6. The second-order valence-electron chi connectivity index (χ2n) is 6.84. The molecule has 144 valence electrons. The number of rotatable bonds is 5. The van der Waals surface area contributed by atoms with Crippen LogP contribution in [0.15, 0.2) is 24.3 Å². The number of nitrogens with one attached hydrogen (secondary N) is 1. The van der Waals surface area contributed by atoms with Crippen LogP contribution in [0, 0.1) is 0 Å². The lowest BCUT2D eigenvalue weighted by Gasteiger charge is -2.30. The van der Waals surface area contributed by atoms with Crippen LogP contribution < -0.4 is 5.32 Å². The van der Waals surface area contributed by atoms with Crippen molar-refractivity contribution in [2.45, 2.75) is 45.4 Å². The first kappa shape index (κ1) is 21.3. The third kappa shape index (κ3) is 5.94. The standard InChI is InChI=1S/C18H26N2O6/c1-11(16(23)25-6)19-15(22)14(12-7-9-13(21)10-8-12)20(5)17(24)26-18(2,3)4/h7-11,14,21H,1-6H3,(H,19,22). The van der Waals surface area contributed by atoms with Crippen LogP contribution in [0.1, 0.15) is 39.3 Å². The summed E-state index contributed by atoms with van der Waals surface area (Å²) < 4.78 is 9.91. The molecular formula is C18H26N2O6. The van der Waals surface area contributed by atoms with Gasteiger partial charge in [-0.05, 0) is 45.4 Å². The van der Waals surface area contributed by atoms with Crippen molar-refractivity contribution in [2.75, 3.05) is 14.2 Å². The van der Waals surface area contributed by atoms with Gasteiger partial charge in [0.15, 0.2) is 0 Å². The molecule has 0 aliphatic rings. The van der Waals surface area contributed by atoms with E-state index in [0.29, 0.717) is 5.56 Å². The second kappa shape index (κ2) is 8.55. The van der Waals surface area contributed by atoms with Crippen molar-refractivity contribution in [3.8, 4) is 5.75 Å². The minimum atomic E-state index is -1.06. The second-order valence-corrected chi connectivity index (χ2v) is 6.84. The smallest absolute Gasteiger partial charge is 0.410 e. The number of esters is 1. The number of likely N-dealkylation sites (N-methyl/N-ethyl adjacent to an activating group) is 1. The predicted molar refractivity (Wildman–Crippen MR) is 94.5 cm³/mol. The van der Waals surface area contributed by atoms with Gasteiger partial charge in [-0.1, -0.05) is 12.1 Å². The summed E-state index contributed by atoms with van der Waals surface area (Å²) >= 11 is 0. The van der Waals surface area contributed by atoms with E-state index in [9.17, 15) is 19.5 Å². The van der Waals surface area contributed by atoms with Crippen molar-refractivity contribution >= 4 is 18.0 Å². The molecular weight excluding hydrogens is 340 g/mol. The van der Waals surface area contributed by atoms with E-state index in [1.54, 1.807) is 20.8 Å². The van der Waals surface area contributed by atoms with Crippen LogP contribution in [0.5, 0.6) is 5.75 Å². The van der Waals surface area contributed by atoms with E-state index < -0.39 is 35.7 Å². The molecule has 0 bridgehead atoms. The van der Waals surface area contributed by atoms with Crippen molar-refractivity contribution < 1.29 is 29.0 Å². The number of ether oxygens (including phenoxy) is 2.